The van der Waals surface area contributed by atoms with Crippen molar-refractivity contribution in [1.82, 2.24) is 9.97 Å². The molecule has 1 aliphatic rings. The second-order valence-corrected chi connectivity index (χ2v) is 7.02. The number of aryl methyl sites for hydroxylation is 2. The van der Waals surface area contributed by atoms with Gasteiger partial charge in [-0.2, -0.15) is 0 Å². The number of anilines is 1. The van der Waals surface area contributed by atoms with E-state index in [0.29, 0.717) is 5.82 Å². The van der Waals surface area contributed by atoms with Crippen molar-refractivity contribution in [1.29, 1.82) is 0 Å². The summed E-state index contributed by atoms with van der Waals surface area (Å²) < 4.78 is 22.4. The molecule has 0 fully saturated rings. The number of primary sulfonamides is 1. The summed E-state index contributed by atoms with van der Waals surface area (Å²) in [4.78, 5) is 8.84. The molecule has 0 saturated carbocycles. The van der Waals surface area contributed by atoms with Gasteiger partial charge in [-0.1, -0.05) is 0 Å². The predicted molar refractivity (Wildman–Crippen MR) is 74.5 cm³/mol. The van der Waals surface area contributed by atoms with Gasteiger partial charge in [0.05, 0.1) is 5.25 Å². The maximum atomic E-state index is 11.2. The van der Waals surface area contributed by atoms with Crippen LogP contribution >= 0.6 is 0 Å². The molecule has 0 saturated heterocycles. The van der Waals surface area contributed by atoms with Gasteiger partial charge in [0.2, 0.25) is 10.0 Å². The molecule has 1 aromatic heterocycles. The van der Waals surface area contributed by atoms with Gasteiger partial charge in [0.15, 0.2) is 0 Å². The zero-order valence-corrected chi connectivity index (χ0v) is 12.1. The summed E-state index contributed by atoms with van der Waals surface area (Å²) in [5.41, 5.74) is 2.21. The number of hydrogen-bond acceptors (Lipinski definition) is 5. The number of rotatable bonds is 4. The van der Waals surface area contributed by atoms with Gasteiger partial charge in [0.25, 0.3) is 0 Å². The number of nitrogens with two attached hydrogens (primary N) is 1. The molecule has 7 heteroatoms. The third-order valence-corrected chi connectivity index (χ3v) is 4.70. The number of nitrogens with one attached hydrogen (secondary N) is 1. The maximum absolute atomic E-state index is 11.2. The number of fused-ring (bicyclic) bond motifs is 1. The molecule has 0 spiro atoms. The highest BCUT2D eigenvalue weighted by molar-refractivity contribution is 7.89. The van der Waals surface area contributed by atoms with E-state index in [2.05, 4.69) is 15.3 Å². The molecule has 0 aliphatic heterocycles. The molecule has 1 unspecified atom stereocenters. The predicted octanol–water partition coefficient (Wildman–Crippen LogP) is 0.753. The van der Waals surface area contributed by atoms with Gasteiger partial charge in [-0.25, -0.2) is 23.5 Å². The normalized spacial score (nSPS) is 16.8. The Morgan fingerprint density at radius 2 is 2.00 bits per heavy atom. The van der Waals surface area contributed by atoms with Crippen molar-refractivity contribution in [3.63, 3.8) is 0 Å². The first-order valence-corrected chi connectivity index (χ1v) is 8.10. The van der Waals surface area contributed by atoms with Crippen LogP contribution in [0.15, 0.2) is 0 Å². The summed E-state index contributed by atoms with van der Waals surface area (Å²) in [5.74, 6) is 1.48. The smallest absolute Gasteiger partial charge is 0.213 e. The van der Waals surface area contributed by atoms with E-state index in [4.69, 9.17) is 5.14 Å². The van der Waals surface area contributed by atoms with Gasteiger partial charge in [-0.3, -0.25) is 0 Å². The van der Waals surface area contributed by atoms with Crippen molar-refractivity contribution >= 4 is 15.8 Å². The monoisotopic (exact) mass is 284 g/mol. The molecule has 19 heavy (non-hydrogen) atoms. The Kier molecular flexibility index (Phi) is 4.05. The van der Waals surface area contributed by atoms with Crippen LogP contribution in [0.5, 0.6) is 0 Å². The minimum atomic E-state index is -3.51. The second kappa shape index (κ2) is 5.42. The number of nitrogens with zero attached hydrogens (tertiary/aromatic N) is 2. The lowest BCUT2D eigenvalue weighted by Gasteiger charge is -2.20. The zero-order valence-electron chi connectivity index (χ0n) is 11.3. The molecule has 0 aromatic carbocycles. The van der Waals surface area contributed by atoms with Crippen LogP contribution in [0, 0.1) is 6.92 Å². The minimum absolute atomic E-state index is 0.266. The molecule has 1 atom stereocenters. The lowest BCUT2D eigenvalue weighted by atomic mass is 9.96. The average molecular weight is 284 g/mol. The van der Waals surface area contributed by atoms with Gasteiger partial charge >= 0.3 is 0 Å². The number of aromatic nitrogens is 2. The van der Waals surface area contributed by atoms with Crippen LogP contribution in [0.4, 0.5) is 5.82 Å². The SMILES string of the molecule is Cc1nc2c(c(NCC(C)S(N)(=O)=O)n1)CCCC2. The average Bonchev–Trinajstić information content (AvgIpc) is 2.34. The summed E-state index contributed by atoms with van der Waals surface area (Å²) in [6.07, 6.45) is 4.19. The Hall–Kier alpha value is -1.21. The molecule has 106 valence electrons. The maximum Gasteiger partial charge on any atom is 0.213 e. The molecule has 3 N–H and O–H groups in total. The van der Waals surface area contributed by atoms with Crippen molar-refractivity contribution in [3.8, 4) is 0 Å². The van der Waals surface area contributed by atoms with E-state index < -0.39 is 15.3 Å². The van der Waals surface area contributed by atoms with Crippen LogP contribution in [0.25, 0.3) is 0 Å². The Balaban J connectivity index is 2.18. The van der Waals surface area contributed by atoms with Crippen LogP contribution in [-0.2, 0) is 22.9 Å². The van der Waals surface area contributed by atoms with Crippen LogP contribution in [-0.4, -0.2) is 30.2 Å². The standard InChI is InChI=1S/C12H20N4O2S/c1-8(19(13,17)18)7-14-12-10-5-3-4-6-11(10)15-9(2)16-12/h8H,3-7H2,1-2H3,(H2,13,17,18)(H,14,15,16). The number of sulfonamides is 1. The van der Waals surface area contributed by atoms with Crippen molar-refractivity contribution in [3.05, 3.63) is 17.1 Å². The summed E-state index contributed by atoms with van der Waals surface area (Å²) in [7, 11) is -3.51. The van der Waals surface area contributed by atoms with Crippen molar-refractivity contribution in [2.45, 2.75) is 44.8 Å². The highest BCUT2D eigenvalue weighted by Crippen LogP contribution is 2.25. The van der Waals surface area contributed by atoms with E-state index in [9.17, 15) is 8.42 Å². The molecule has 1 heterocycles. The van der Waals surface area contributed by atoms with Crippen molar-refractivity contribution in [2.24, 2.45) is 5.14 Å². The quantitative estimate of drug-likeness (QED) is 0.850. The van der Waals surface area contributed by atoms with Gasteiger partial charge in [-0.15, -0.1) is 0 Å². The third kappa shape index (κ3) is 3.42. The molecule has 0 bridgehead atoms. The van der Waals surface area contributed by atoms with Gasteiger partial charge in [0, 0.05) is 17.8 Å². The molecule has 6 nitrogen and oxygen atoms in total. The molecule has 1 aromatic rings. The van der Waals surface area contributed by atoms with E-state index >= 15 is 0 Å². The number of hydrogen-bond donors (Lipinski definition) is 2. The van der Waals surface area contributed by atoms with E-state index in [-0.39, 0.29) is 6.54 Å². The molecule has 1 aliphatic carbocycles. The molecule has 2 rings (SSSR count). The summed E-state index contributed by atoms with van der Waals surface area (Å²) in [5, 5.41) is 7.58. The summed E-state index contributed by atoms with van der Waals surface area (Å²) in [6.45, 7) is 3.70. The van der Waals surface area contributed by atoms with E-state index in [0.717, 1.165) is 42.8 Å². The fourth-order valence-corrected chi connectivity index (χ4v) is 2.54. The van der Waals surface area contributed by atoms with Crippen LogP contribution in [0.2, 0.25) is 0 Å². The van der Waals surface area contributed by atoms with E-state index in [1.54, 1.807) is 6.92 Å². The first kappa shape index (κ1) is 14.2. The summed E-state index contributed by atoms with van der Waals surface area (Å²) >= 11 is 0. The van der Waals surface area contributed by atoms with Crippen LogP contribution in [0.3, 0.4) is 0 Å². The van der Waals surface area contributed by atoms with E-state index in [1.165, 1.54) is 0 Å². The highest BCUT2D eigenvalue weighted by atomic mass is 32.2. The summed E-state index contributed by atoms with van der Waals surface area (Å²) in [6, 6.07) is 0. The lowest BCUT2D eigenvalue weighted by molar-refractivity contribution is 0.587. The van der Waals surface area contributed by atoms with Crippen LogP contribution in [0.1, 0.15) is 36.8 Å². The molecular formula is C12H20N4O2S. The second-order valence-electron chi connectivity index (χ2n) is 5.03. The third-order valence-electron chi connectivity index (χ3n) is 3.41. The Morgan fingerprint density at radius 1 is 1.32 bits per heavy atom. The Bertz CT molecular complexity index is 571. The molecule has 0 amide bonds. The largest absolute Gasteiger partial charge is 0.368 e. The van der Waals surface area contributed by atoms with Gasteiger partial charge < -0.3 is 5.32 Å². The van der Waals surface area contributed by atoms with Gasteiger partial charge in [-0.05, 0) is 39.5 Å². The lowest BCUT2D eigenvalue weighted by Crippen LogP contribution is -2.32. The Morgan fingerprint density at radius 3 is 2.68 bits per heavy atom. The first-order chi connectivity index (χ1) is 8.88. The minimum Gasteiger partial charge on any atom is -0.368 e. The van der Waals surface area contributed by atoms with E-state index in [1.807, 2.05) is 6.92 Å². The van der Waals surface area contributed by atoms with Gasteiger partial charge in [0.1, 0.15) is 11.6 Å². The molecular weight excluding hydrogens is 264 g/mol. The Labute approximate surface area is 113 Å². The topological polar surface area (TPSA) is 98.0 Å². The first-order valence-electron chi connectivity index (χ1n) is 6.50. The fraction of sp³-hybridized carbons (Fsp3) is 0.667. The van der Waals surface area contributed by atoms with Crippen molar-refractivity contribution in [2.75, 3.05) is 11.9 Å². The zero-order chi connectivity index (χ0) is 14.0. The highest BCUT2D eigenvalue weighted by Gasteiger charge is 2.19. The van der Waals surface area contributed by atoms with Crippen molar-refractivity contribution < 1.29 is 8.42 Å². The molecule has 0 radical (unpaired) electrons. The fourth-order valence-electron chi connectivity index (χ4n) is 2.22. The van der Waals surface area contributed by atoms with Crippen LogP contribution < -0.4 is 10.5 Å².